The summed E-state index contributed by atoms with van der Waals surface area (Å²) in [6.45, 7) is 5.39. The van der Waals surface area contributed by atoms with Gasteiger partial charge in [0.2, 0.25) is 10.0 Å². The smallest absolute Gasteiger partial charge is 0.310 e. The topological polar surface area (TPSA) is 92.7 Å². The molecule has 2 N–H and O–H groups in total. The van der Waals surface area contributed by atoms with E-state index in [4.69, 9.17) is 9.84 Å². The molecule has 21 heavy (non-hydrogen) atoms. The van der Waals surface area contributed by atoms with E-state index in [9.17, 15) is 13.2 Å². The van der Waals surface area contributed by atoms with Crippen LogP contribution in [0.25, 0.3) is 0 Å². The first-order valence-corrected chi connectivity index (χ1v) is 8.19. The van der Waals surface area contributed by atoms with Crippen molar-refractivity contribution in [1.29, 1.82) is 0 Å². The number of carboxylic acid groups (broad SMARTS) is 1. The fourth-order valence-electron chi connectivity index (χ4n) is 1.57. The van der Waals surface area contributed by atoms with Gasteiger partial charge in [-0.3, -0.25) is 4.79 Å². The van der Waals surface area contributed by atoms with Crippen molar-refractivity contribution in [1.82, 2.24) is 4.72 Å². The molecule has 1 rings (SSSR count). The van der Waals surface area contributed by atoms with E-state index in [1.165, 1.54) is 19.1 Å². The van der Waals surface area contributed by atoms with Gasteiger partial charge in [0.25, 0.3) is 0 Å². The van der Waals surface area contributed by atoms with Gasteiger partial charge in [0, 0.05) is 6.54 Å². The third-order valence-electron chi connectivity index (χ3n) is 3.39. The molecule has 0 heterocycles. The van der Waals surface area contributed by atoms with Crippen LogP contribution in [0.2, 0.25) is 0 Å². The lowest BCUT2D eigenvalue weighted by Gasteiger charge is -2.23. The van der Waals surface area contributed by atoms with Crippen molar-refractivity contribution in [3.05, 3.63) is 24.3 Å². The maximum atomic E-state index is 12.1. The molecule has 0 radical (unpaired) electrons. The molecule has 6 nitrogen and oxygen atoms in total. The molecular weight excluding hydrogens is 294 g/mol. The quantitative estimate of drug-likeness (QED) is 0.764. The zero-order chi connectivity index (χ0) is 16.1. The van der Waals surface area contributed by atoms with Gasteiger partial charge in [-0.25, -0.2) is 13.1 Å². The van der Waals surface area contributed by atoms with E-state index in [2.05, 4.69) is 4.72 Å². The highest BCUT2D eigenvalue weighted by Gasteiger charge is 2.32. The van der Waals surface area contributed by atoms with Crippen LogP contribution in [0.4, 0.5) is 0 Å². The van der Waals surface area contributed by atoms with Crippen LogP contribution in [0.1, 0.15) is 27.2 Å². The molecule has 0 fully saturated rings. The molecule has 0 bridgehead atoms. The second-order valence-electron chi connectivity index (χ2n) is 4.95. The van der Waals surface area contributed by atoms with Gasteiger partial charge in [0.15, 0.2) is 0 Å². The maximum Gasteiger partial charge on any atom is 0.310 e. The van der Waals surface area contributed by atoms with Gasteiger partial charge in [0.05, 0.1) is 16.9 Å². The molecule has 0 aliphatic rings. The molecule has 0 saturated carbocycles. The summed E-state index contributed by atoms with van der Waals surface area (Å²) in [6.07, 6.45) is 0.328. The third-order valence-corrected chi connectivity index (χ3v) is 4.81. The Bertz CT molecular complexity index is 582. The number of hydrogen-bond donors (Lipinski definition) is 2. The van der Waals surface area contributed by atoms with Crippen molar-refractivity contribution in [3.63, 3.8) is 0 Å². The second-order valence-corrected chi connectivity index (χ2v) is 6.72. The Labute approximate surface area is 125 Å². The molecule has 0 aliphatic carbocycles. The summed E-state index contributed by atoms with van der Waals surface area (Å²) in [7, 11) is -3.74. The van der Waals surface area contributed by atoms with Crippen LogP contribution in [0.5, 0.6) is 5.75 Å². The fourth-order valence-corrected chi connectivity index (χ4v) is 2.74. The number of rotatable bonds is 8. The van der Waals surface area contributed by atoms with E-state index in [-0.39, 0.29) is 11.4 Å². The van der Waals surface area contributed by atoms with Gasteiger partial charge < -0.3 is 9.84 Å². The standard InChI is InChI=1S/C14H21NO5S/c1-4-14(3,13(16)17)10-15-21(18,19)12-8-6-11(7-9-12)20-5-2/h6-9,15H,4-5,10H2,1-3H3,(H,16,17). The molecule has 0 aromatic heterocycles. The van der Waals surface area contributed by atoms with E-state index in [1.807, 2.05) is 6.92 Å². The first kappa shape index (κ1) is 17.5. The molecule has 1 aromatic rings. The summed E-state index contributed by atoms with van der Waals surface area (Å²) >= 11 is 0. The van der Waals surface area contributed by atoms with Crippen LogP contribution < -0.4 is 9.46 Å². The third kappa shape index (κ3) is 4.44. The molecule has 0 saturated heterocycles. The lowest BCUT2D eigenvalue weighted by atomic mass is 9.88. The largest absolute Gasteiger partial charge is 0.494 e. The summed E-state index contributed by atoms with van der Waals surface area (Å²) in [5.41, 5.74) is -1.13. The maximum absolute atomic E-state index is 12.1. The SMILES string of the molecule is CCOc1ccc(S(=O)(=O)NCC(C)(CC)C(=O)O)cc1. The summed E-state index contributed by atoms with van der Waals surface area (Å²) in [4.78, 5) is 11.2. The Morgan fingerprint density at radius 1 is 1.29 bits per heavy atom. The Morgan fingerprint density at radius 2 is 1.86 bits per heavy atom. The number of sulfonamides is 1. The zero-order valence-electron chi connectivity index (χ0n) is 12.4. The Morgan fingerprint density at radius 3 is 2.29 bits per heavy atom. The van der Waals surface area contributed by atoms with Crippen molar-refractivity contribution in [2.45, 2.75) is 32.1 Å². The lowest BCUT2D eigenvalue weighted by Crippen LogP contribution is -2.40. The van der Waals surface area contributed by atoms with Crippen LogP contribution in [0.15, 0.2) is 29.2 Å². The fraction of sp³-hybridized carbons (Fsp3) is 0.500. The highest BCUT2D eigenvalue weighted by Crippen LogP contribution is 2.22. The minimum absolute atomic E-state index is 0.0785. The molecule has 118 valence electrons. The van der Waals surface area contributed by atoms with Crippen molar-refractivity contribution in [2.75, 3.05) is 13.2 Å². The number of ether oxygens (including phenoxy) is 1. The summed E-state index contributed by atoms with van der Waals surface area (Å²) in [5, 5.41) is 9.14. The summed E-state index contributed by atoms with van der Waals surface area (Å²) < 4.78 is 31.9. The predicted octanol–water partition coefficient (Wildman–Crippen LogP) is 1.86. The monoisotopic (exact) mass is 315 g/mol. The average Bonchev–Trinajstić information content (AvgIpc) is 2.45. The molecule has 0 amide bonds. The van der Waals surface area contributed by atoms with E-state index >= 15 is 0 Å². The molecule has 0 spiro atoms. The lowest BCUT2D eigenvalue weighted by molar-refractivity contribution is -0.147. The predicted molar refractivity (Wildman–Crippen MR) is 78.8 cm³/mol. The number of benzene rings is 1. The van der Waals surface area contributed by atoms with E-state index < -0.39 is 21.4 Å². The number of nitrogens with one attached hydrogen (secondary N) is 1. The number of hydrogen-bond acceptors (Lipinski definition) is 4. The van der Waals surface area contributed by atoms with Gasteiger partial charge >= 0.3 is 5.97 Å². The molecule has 1 aromatic carbocycles. The van der Waals surface area contributed by atoms with Crippen LogP contribution in [0, 0.1) is 5.41 Å². The van der Waals surface area contributed by atoms with E-state index in [1.54, 1.807) is 19.1 Å². The van der Waals surface area contributed by atoms with Crippen LogP contribution in [-0.4, -0.2) is 32.6 Å². The molecule has 0 aliphatic heterocycles. The highest BCUT2D eigenvalue weighted by atomic mass is 32.2. The minimum atomic E-state index is -3.74. The summed E-state index contributed by atoms with van der Waals surface area (Å²) in [6, 6.07) is 5.98. The van der Waals surface area contributed by atoms with Gasteiger partial charge in [-0.05, 0) is 44.5 Å². The number of carboxylic acids is 1. The second kappa shape index (κ2) is 6.91. The first-order valence-electron chi connectivity index (χ1n) is 6.71. The van der Waals surface area contributed by atoms with Crippen molar-refractivity contribution >= 4 is 16.0 Å². The highest BCUT2D eigenvalue weighted by molar-refractivity contribution is 7.89. The van der Waals surface area contributed by atoms with Gasteiger partial charge in [-0.15, -0.1) is 0 Å². The number of carbonyl (C=O) groups is 1. The molecule has 7 heteroatoms. The Kier molecular flexibility index (Phi) is 5.74. The van der Waals surface area contributed by atoms with Crippen LogP contribution >= 0.6 is 0 Å². The normalized spacial score (nSPS) is 14.4. The van der Waals surface area contributed by atoms with E-state index in [0.29, 0.717) is 18.8 Å². The number of aliphatic carboxylic acids is 1. The Balaban J connectivity index is 2.84. The van der Waals surface area contributed by atoms with Crippen LogP contribution in [0.3, 0.4) is 0 Å². The molecule has 1 unspecified atom stereocenters. The van der Waals surface area contributed by atoms with Gasteiger partial charge in [-0.2, -0.15) is 0 Å². The van der Waals surface area contributed by atoms with E-state index in [0.717, 1.165) is 0 Å². The van der Waals surface area contributed by atoms with Crippen LogP contribution in [-0.2, 0) is 14.8 Å². The van der Waals surface area contributed by atoms with Gasteiger partial charge in [0.1, 0.15) is 5.75 Å². The van der Waals surface area contributed by atoms with Crippen molar-refractivity contribution in [3.8, 4) is 5.75 Å². The molecule has 1 atom stereocenters. The Hall–Kier alpha value is -1.60. The molecular formula is C14H21NO5S. The van der Waals surface area contributed by atoms with Gasteiger partial charge in [-0.1, -0.05) is 6.92 Å². The zero-order valence-corrected chi connectivity index (χ0v) is 13.2. The van der Waals surface area contributed by atoms with Crippen molar-refractivity contribution in [2.24, 2.45) is 5.41 Å². The summed E-state index contributed by atoms with van der Waals surface area (Å²) in [5.74, 6) is -0.445. The first-order chi connectivity index (χ1) is 9.75. The van der Waals surface area contributed by atoms with Crippen molar-refractivity contribution < 1.29 is 23.1 Å². The average molecular weight is 315 g/mol. The minimum Gasteiger partial charge on any atom is -0.494 e.